The molecule has 2 rings (SSSR count). The summed E-state index contributed by atoms with van der Waals surface area (Å²) in [5.41, 5.74) is 3.11. The Morgan fingerprint density at radius 2 is 2.00 bits per heavy atom. The fourth-order valence-electron chi connectivity index (χ4n) is 2.35. The first-order valence-electron chi connectivity index (χ1n) is 8.13. The quantitative estimate of drug-likeness (QED) is 0.756. The summed E-state index contributed by atoms with van der Waals surface area (Å²) in [5, 5.41) is 12.7. The SMILES string of the molecule is CCc1ccc(C(C)NC(=O)C(C)Sc2ncc(CO)n2C)cc1. The Morgan fingerprint density at radius 3 is 2.54 bits per heavy atom. The van der Waals surface area contributed by atoms with Gasteiger partial charge in [0.05, 0.1) is 29.8 Å². The van der Waals surface area contributed by atoms with Gasteiger partial charge in [0.1, 0.15) is 0 Å². The first-order chi connectivity index (χ1) is 11.5. The highest BCUT2D eigenvalue weighted by atomic mass is 32.2. The van der Waals surface area contributed by atoms with Crippen LogP contribution in [-0.4, -0.2) is 25.8 Å². The average molecular weight is 347 g/mol. The number of aromatic nitrogens is 2. The Balaban J connectivity index is 1.95. The molecule has 1 amide bonds. The number of amides is 1. The number of carbonyl (C=O) groups is 1. The van der Waals surface area contributed by atoms with Crippen molar-refractivity contribution in [2.75, 3.05) is 0 Å². The zero-order chi connectivity index (χ0) is 17.7. The number of carbonyl (C=O) groups excluding carboxylic acids is 1. The van der Waals surface area contributed by atoms with E-state index in [-0.39, 0.29) is 23.8 Å². The molecule has 0 fully saturated rings. The molecule has 0 spiro atoms. The van der Waals surface area contributed by atoms with E-state index in [0.29, 0.717) is 0 Å². The summed E-state index contributed by atoms with van der Waals surface area (Å²) in [6, 6.07) is 8.28. The third kappa shape index (κ3) is 4.39. The van der Waals surface area contributed by atoms with E-state index in [4.69, 9.17) is 0 Å². The molecule has 2 N–H and O–H groups in total. The highest BCUT2D eigenvalue weighted by molar-refractivity contribution is 8.00. The molecule has 0 aliphatic rings. The Kier molecular flexibility index (Phi) is 6.45. The Morgan fingerprint density at radius 1 is 1.33 bits per heavy atom. The predicted octanol–water partition coefficient (Wildman–Crippen LogP) is 2.83. The van der Waals surface area contributed by atoms with Crippen molar-refractivity contribution < 1.29 is 9.90 Å². The fourth-order valence-corrected chi connectivity index (χ4v) is 3.23. The molecular weight excluding hydrogens is 322 g/mol. The van der Waals surface area contributed by atoms with E-state index in [9.17, 15) is 9.90 Å². The van der Waals surface area contributed by atoms with Gasteiger partial charge in [0.2, 0.25) is 5.91 Å². The molecule has 24 heavy (non-hydrogen) atoms. The van der Waals surface area contributed by atoms with Gasteiger partial charge < -0.3 is 15.0 Å². The first kappa shape index (κ1) is 18.5. The van der Waals surface area contributed by atoms with Crippen molar-refractivity contribution in [2.45, 2.75) is 50.2 Å². The van der Waals surface area contributed by atoms with Gasteiger partial charge in [-0.3, -0.25) is 4.79 Å². The maximum atomic E-state index is 12.4. The molecule has 0 bridgehead atoms. The lowest BCUT2D eigenvalue weighted by Crippen LogP contribution is -2.33. The second-order valence-corrected chi connectivity index (χ2v) is 7.14. The number of benzene rings is 1. The molecular formula is C18H25N3O2S. The minimum absolute atomic E-state index is 0.0272. The molecule has 1 aromatic heterocycles. The Bertz CT molecular complexity index is 682. The number of hydrogen-bond donors (Lipinski definition) is 2. The monoisotopic (exact) mass is 347 g/mol. The van der Waals surface area contributed by atoms with E-state index in [1.807, 2.05) is 20.9 Å². The molecule has 0 saturated heterocycles. The van der Waals surface area contributed by atoms with Gasteiger partial charge in [0, 0.05) is 7.05 Å². The molecule has 130 valence electrons. The second-order valence-electron chi connectivity index (χ2n) is 5.83. The lowest BCUT2D eigenvalue weighted by molar-refractivity contribution is -0.120. The number of aliphatic hydroxyl groups is 1. The largest absolute Gasteiger partial charge is 0.390 e. The summed E-state index contributed by atoms with van der Waals surface area (Å²) >= 11 is 1.39. The maximum absolute atomic E-state index is 12.4. The van der Waals surface area contributed by atoms with Crippen molar-refractivity contribution in [3.05, 3.63) is 47.3 Å². The lowest BCUT2D eigenvalue weighted by Gasteiger charge is -2.18. The third-order valence-electron chi connectivity index (χ3n) is 4.10. The van der Waals surface area contributed by atoms with Crippen molar-refractivity contribution in [1.82, 2.24) is 14.9 Å². The zero-order valence-corrected chi connectivity index (χ0v) is 15.4. The van der Waals surface area contributed by atoms with Crippen LogP contribution in [0.3, 0.4) is 0 Å². The van der Waals surface area contributed by atoms with Gasteiger partial charge in [-0.1, -0.05) is 43.0 Å². The summed E-state index contributed by atoms with van der Waals surface area (Å²) in [4.78, 5) is 16.7. The molecule has 0 aliphatic carbocycles. The van der Waals surface area contributed by atoms with Crippen molar-refractivity contribution in [1.29, 1.82) is 0 Å². The minimum atomic E-state index is -0.269. The topological polar surface area (TPSA) is 67.2 Å². The number of aliphatic hydroxyl groups excluding tert-OH is 1. The second kappa shape index (κ2) is 8.35. The number of rotatable bonds is 7. The Hall–Kier alpha value is -1.79. The summed E-state index contributed by atoms with van der Waals surface area (Å²) < 4.78 is 1.81. The van der Waals surface area contributed by atoms with Gasteiger partial charge in [0.25, 0.3) is 0 Å². The van der Waals surface area contributed by atoms with Crippen LogP contribution < -0.4 is 5.32 Å². The summed E-state index contributed by atoms with van der Waals surface area (Å²) in [6.45, 7) is 5.91. The van der Waals surface area contributed by atoms with Crippen LogP contribution in [0.4, 0.5) is 0 Å². The van der Waals surface area contributed by atoms with Gasteiger partial charge >= 0.3 is 0 Å². The molecule has 2 atom stereocenters. The van der Waals surface area contributed by atoms with Crippen LogP contribution in [0.2, 0.25) is 0 Å². The number of hydrogen-bond acceptors (Lipinski definition) is 4. The highest BCUT2D eigenvalue weighted by Crippen LogP contribution is 2.23. The summed E-state index contributed by atoms with van der Waals surface area (Å²) in [6.07, 6.45) is 2.64. The van der Waals surface area contributed by atoms with Crippen LogP contribution in [0, 0.1) is 0 Å². The summed E-state index contributed by atoms with van der Waals surface area (Å²) in [5.74, 6) is -0.0272. The molecule has 0 aliphatic heterocycles. The number of imidazole rings is 1. The highest BCUT2D eigenvalue weighted by Gasteiger charge is 2.19. The van der Waals surface area contributed by atoms with Crippen molar-refractivity contribution in [3.63, 3.8) is 0 Å². The Labute approximate surface area is 147 Å². The minimum Gasteiger partial charge on any atom is -0.390 e. The van der Waals surface area contributed by atoms with E-state index in [2.05, 4.69) is 41.5 Å². The van der Waals surface area contributed by atoms with Gasteiger partial charge in [-0.2, -0.15) is 0 Å². The smallest absolute Gasteiger partial charge is 0.233 e. The summed E-state index contributed by atoms with van der Waals surface area (Å²) in [7, 11) is 1.84. The molecule has 0 saturated carbocycles. The lowest BCUT2D eigenvalue weighted by atomic mass is 10.0. The standard InChI is InChI=1S/C18H25N3O2S/c1-5-14-6-8-15(9-7-14)12(2)20-17(23)13(3)24-18-19-10-16(11-22)21(18)4/h6-10,12-13,22H,5,11H2,1-4H3,(H,20,23). The molecule has 6 heteroatoms. The van der Waals surface area contributed by atoms with Crippen LogP contribution >= 0.6 is 11.8 Å². The van der Waals surface area contributed by atoms with E-state index < -0.39 is 0 Å². The van der Waals surface area contributed by atoms with Crippen molar-refractivity contribution >= 4 is 17.7 Å². The maximum Gasteiger partial charge on any atom is 0.233 e. The fraction of sp³-hybridized carbons (Fsp3) is 0.444. The molecule has 2 unspecified atom stereocenters. The molecule has 1 heterocycles. The van der Waals surface area contributed by atoms with Gasteiger partial charge in [-0.15, -0.1) is 0 Å². The van der Waals surface area contributed by atoms with Crippen LogP contribution in [0.1, 0.15) is 43.6 Å². The number of thioether (sulfide) groups is 1. The number of nitrogens with zero attached hydrogens (tertiary/aromatic N) is 2. The van der Waals surface area contributed by atoms with Crippen molar-refractivity contribution in [2.24, 2.45) is 7.05 Å². The van der Waals surface area contributed by atoms with E-state index in [0.717, 1.165) is 22.8 Å². The van der Waals surface area contributed by atoms with Gasteiger partial charge in [-0.25, -0.2) is 4.98 Å². The van der Waals surface area contributed by atoms with Crippen LogP contribution in [-0.2, 0) is 24.9 Å². The number of nitrogens with one attached hydrogen (secondary N) is 1. The van der Waals surface area contributed by atoms with E-state index in [1.165, 1.54) is 17.3 Å². The van der Waals surface area contributed by atoms with Crippen LogP contribution in [0.25, 0.3) is 0 Å². The van der Waals surface area contributed by atoms with E-state index in [1.54, 1.807) is 10.8 Å². The average Bonchev–Trinajstić information content (AvgIpc) is 2.94. The third-order valence-corrected chi connectivity index (χ3v) is 5.26. The normalized spacial score (nSPS) is 13.5. The van der Waals surface area contributed by atoms with E-state index >= 15 is 0 Å². The van der Waals surface area contributed by atoms with Crippen LogP contribution in [0.5, 0.6) is 0 Å². The number of aryl methyl sites for hydroxylation is 1. The predicted molar refractivity (Wildman–Crippen MR) is 96.8 cm³/mol. The molecule has 0 radical (unpaired) electrons. The first-order valence-corrected chi connectivity index (χ1v) is 9.01. The van der Waals surface area contributed by atoms with Crippen LogP contribution in [0.15, 0.2) is 35.6 Å². The molecule has 2 aromatic rings. The zero-order valence-electron chi connectivity index (χ0n) is 14.6. The van der Waals surface area contributed by atoms with Gasteiger partial charge in [-0.05, 0) is 31.4 Å². The van der Waals surface area contributed by atoms with Gasteiger partial charge in [0.15, 0.2) is 5.16 Å². The van der Waals surface area contributed by atoms with Crippen molar-refractivity contribution in [3.8, 4) is 0 Å². The molecule has 1 aromatic carbocycles. The molecule has 5 nitrogen and oxygen atoms in total.